The molecular weight excluding hydrogens is 514 g/mol. The fourth-order valence-electron chi connectivity index (χ4n) is 7.00. The standard InChI is InChI=1S/C34H61N3O4/c1-3-16-27-17-12-8-5-6-9-14-19-28(20-15-11-7-10-13-18-27)23-30(38)21-22-32(39)36-25-29-24-33(40)37(26-29)31(4-2)34(35)41/h27-29,31H,3-26H2,1-2H3,(H2,35,41)(H,36,39). The SMILES string of the molecule is CCCC1CCCCCCCCC(CC(=O)CCC(=O)NCC2CC(=O)N(C(CC)C(N)=O)C2)CCCCCCC1. The summed E-state index contributed by atoms with van der Waals surface area (Å²) >= 11 is 0. The second-order valence-electron chi connectivity index (χ2n) is 13.1. The summed E-state index contributed by atoms with van der Waals surface area (Å²) in [6, 6.07) is -0.581. The predicted octanol–water partition coefficient (Wildman–Crippen LogP) is 6.85. The number of nitrogens with two attached hydrogens (primary N) is 1. The first-order valence-electron chi connectivity index (χ1n) is 17.2. The van der Waals surface area contributed by atoms with E-state index in [4.69, 9.17) is 5.73 Å². The van der Waals surface area contributed by atoms with Crippen LogP contribution < -0.4 is 11.1 Å². The molecule has 0 radical (unpaired) electrons. The van der Waals surface area contributed by atoms with Gasteiger partial charge in [-0.25, -0.2) is 0 Å². The highest BCUT2D eigenvalue weighted by Crippen LogP contribution is 2.26. The normalized spacial score (nSPS) is 24.9. The van der Waals surface area contributed by atoms with Crippen molar-refractivity contribution < 1.29 is 19.2 Å². The number of likely N-dealkylation sites (tertiary alicyclic amines) is 1. The first-order valence-corrected chi connectivity index (χ1v) is 17.2. The van der Waals surface area contributed by atoms with Crippen molar-refractivity contribution in [2.24, 2.45) is 23.5 Å². The lowest BCUT2D eigenvalue weighted by Crippen LogP contribution is -2.45. The molecule has 2 fully saturated rings. The first-order chi connectivity index (χ1) is 19.8. The lowest BCUT2D eigenvalue weighted by molar-refractivity contribution is -0.136. The van der Waals surface area contributed by atoms with E-state index in [1.807, 2.05) is 6.92 Å². The van der Waals surface area contributed by atoms with Gasteiger partial charge in [0.15, 0.2) is 0 Å². The summed E-state index contributed by atoms with van der Waals surface area (Å²) in [6.45, 7) is 4.97. The van der Waals surface area contributed by atoms with Crippen LogP contribution in [0, 0.1) is 17.8 Å². The molecule has 41 heavy (non-hydrogen) atoms. The smallest absolute Gasteiger partial charge is 0.240 e. The molecule has 1 saturated carbocycles. The molecule has 7 nitrogen and oxygen atoms in total. The van der Waals surface area contributed by atoms with E-state index in [-0.39, 0.29) is 36.4 Å². The molecule has 0 bridgehead atoms. The number of hydrogen-bond acceptors (Lipinski definition) is 4. The topological polar surface area (TPSA) is 110 Å². The van der Waals surface area contributed by atoms with Gasteiger partial charge in [0, 0.05) is 44.7 Å². The van der Waals surface area contributed by atoms with Gasteiger partial charge in [-0.15, -0.1) is 0 Å². The van der Waals surface area contributed by atoms with Crippen LogP contribution >= 0.6 is 0 Å². The van der Waals surface area contributed by atoms with Crippen molar-refractivity contribution in [3.05, 3.63) is 0 Å². The zero-order valence-electron chi connectivity index (χ0n) is 26.4. The Kier molecular flexibility index (Phi) is 18.0. The maximum atomic E-state index is 12.8. The highest BCUT2D eigenvalue weighted by molar-refractivity contribution is 5.88. The largest absolute Gasteiger partial charge is 0.368 e. The summed E-state index contributed by atoms with van der Waals surface area (Å²) in [6.07, 6.45) is 24.1. The van der Waals surface area contributed by atoms with E-state index in [2.05, 4.69) is 12.2 Å². The molecule has 1 saturated heterocycles. The van der Waals surface area contributed by atoms with Crippen molar-refractivity contribution in [2.45, 2.75) is 161 Å². The van der Waals surface area contributed by atoms with Gasteiger partial charge in [-0.1, -0.05) is 123 Å². The molecule has 2 rings (SSSR count). The molecule has 3 N–H and O–H groups in total. The highest BCUT2D eigenvalue weighted by Gasteiger charge is 2.36. The minimum atomic E-state index is -0.581. The van der Waals surface area contributed by atoms with Gasteiger partial charge in [-0.3, -0.25) is 19.2 Å². The molecule has 1 aliphatic heterocycles. The van der Waals surface area contributed by atoms with Crippen LogP contribution in [0.15, 0.2) is 0 Å². The van der Waals surface area contributed by atoms with E-state index >= 15 is 0 Å². The van der Waals surface area contributed by atoms with E-state index < -0.39 is 11.9 Å². The summed E-state index contributed by atoms with van der Waals surface area (Å²) < 4.78 is 0. The Morgan fingerprint density at radius 2 is 1.34 bits per heavy atom. The minimum absolute atomic E-state index is 0.0314. The van der Waals surface area contributed by atoms with Crippen LogP contribution in [0.1, 0.15) is 155 Å². The fourth-order valence-corrected chi connectivity index (χ4v) is 7.00. The third-order valence-corrected chi connectivity index (χ3v) is 9.46. The monoisotopic (exact) mass is 575 g/mol. The van der Waals surface area contributed by atoms with Crippen molar-refractivity contribution in [2.75, 3.05) is 13.1 Å². The number of hydrogen-bond donors (Lipinski definition) is 2. The molecular formula is C34H61N3O4. The predicted molar refractivity (Wildman–Crippen MR) is 166 cm³/mol. The summed E-state index contributed by atoms with van der Waals surface area (Å²) in [4.78, 5) is 50.8. The number of amides is 3. The van der Waals surface area contributed by atoms with E-state index in [1.54, 1.807) is 4.90 Å². The number of carbonyl (C=O) groups excluding carboxylic acids is 4. The van der Waals surface area contributed by atoms with Crippen LogP contribution in [-0.2, 0) is 19.2 Å². The molecule has 2 aliphatic rings. The molecule has 1 aliphatic carbocycles. The average Bonchev–Trinajstić information content (AvgIpc) is 3.30. The van der Waals surface area contributed by atoms with Gasteiger partial charge in [0.05, 0.1) is 0 Å². The number of ketones is 1. The minimum Gasteiger partial charge on any atom is -0.368 e. The second-order valence-corrected chi connectivity index (χ2v) is 13.1. The number of carbonyl (C=O) groups is 4. The molecule has 4 atom stereocenters. The zero-order valence-corrected chi connectivity index (χ0v) is 26.4. The molecule has 1 heterocycles. The Morgan fingerprint density at radius 1 is 0.805 bits per heavy atom. The van der Waals surface area contributed by atoms with Crippen LogP contribution in [0.4, 0.5) is 0 Å². The van der Waals surface area contributed by atoms with Crippen LogP contribution in [0.5, 0.6) is 0 Å². The average molecular weight is 576 g/mol. The summed E-state index contributed by atoms with van der Waals surface area (Å²) in [5, 5.41) is 2.91. The van der Waals surface area contributed by atoms with Crippen molar-refractivity contribution in [3.63, 3.8) is 0 Å². The maximum Gasteiger partial charge on any atom is 0.240 e. The van der Waals surface area contributed by atoms with Gasteiger partial charge in [0.1, 0.15) is 11.8 Å². The van der Waals surface area contributed by atoms with Crippen LogP contribution in [0.3, 0.4) is 0 Å². The number of primary amides is 1. The Labute approximate surface area is 250 Å². The van der Waals surface area contributed by atoms with Crippen LogP contribution in [0.2, 0.25) is 0 Å². The van der Waals surface area contributed by atoms with Crippen molar-refractivity contribution >= 4 is 23.5 Å². The molecule has 236 valence electrons. The molecule has 0 aromatic heterocycles. The second kappa shape index (κ2) is 20.9. The molecule has 0 aromatic carbocycles. The fraction of sp³-hybridized carbons (Fsp3) is 0.882. The van der Waals surface area contributed by atoms with E-state index in [0.29, 0.717) is 38.3 Å². The number of nitrogens with zero attached hydrogens (tertiary/aromatic N) is 1. The molecule has 0 aromatic rings. The van der Waals surface area contributed by atoms with E-state index in [1.165, 1.54) is 96.3 Å². The Hall–Kier alpha value is -1.92. The zero-order chi connectivity index (χ0) is 29.9. The van der Waals surface area contributed by atoms with Gasteiger partial charge in [0.2, 0.25) is 17.7 Å². The van der Waals surface area contributed by atoms with Gasteiger partial charge >= 0.3 is 0 Å². The Morgan fingerprint density at radius 3 is 1.85 bits per heavy atom. The van der Waals surface area contributed by atoms with Crippen molar-refractivity contribution in [1.29, 1.82) is 0 Å². The van der Waals surface area contributed by atoms with Gasteiger partial charge < -0.3 is 16.0 Å². The lowest BCUT2D eigenvalue weighted by Gasteiger charge is -2.24. The molecule has 4 unspecified atom stereocenters. The number of Topliss-reactive ketones (excluding diaryl/α,β-unsaturated/α-hetero) is 1. The quantitative estimate of drug-likeness (QED) is 0.265. The van der Waals surface area contributed by atoms with Gasteiger partial charge in [-0.2, -0.15) is 0 Å². The van der Waals surface area contributed by atoms with Crippen LogP contribution in [0.25, 0.3) is 0 Å². The highest BCUT2D eigenvalue weighted by atomic mass is 16.2. The summed E-state index contributed by atoms with van der Waals surface area (Å²) in [5.74, 6) is 0.841. The Balaban J connectivity index is 1.70. The first kappa shape index (κ1) is 35.3. The van der Waals surface area contributed by atoms with Crippen molar-refractivity contribution in [1.82, 2.24) is 10.2 Å². The van der Waals surface area contributed by atoms with E-state index in [0.717, 1.165) is 18.8 Å². The maximum absolute atomic E-state index is 12.8. The number of nitrogens with one attached hydrogen (secondary N) is 1. The van der Waals surface area contributed by atoms with Crippen LogP contribution in [-0.4, -0.2) is 47.5 Å². The summed E-state index contributed by atoms with van der Waals surface area (Å²) in [5.41, 5.74) is 5.44. The molecule has 7 heteroatoms. The van der Waals surface area contributed by atoms with Crippen molar-refractivity contribution in [3.8, 4) is 0 Å². The van der Waals surface area contributed by atoms with Gasteiger partial charge in [0.25, 0.3) is 0 Å². The molecule has 3 amide bonds. The summed E-state index contributed by atoms with van der Waals surface area (Å²) in [7, 11) is 0. The number of rotatable bonds is 12. The Bertz CT molecular complexity index is 786. The third kappa shape index (κ3) is 14.7. The lowest BCUT2D eigenvalue weighted by atomic mass is 9.89. The van der Waals surface area contributed by atoms with E-state index in [9.17, 15) is 19.2 Å². The van der Waals surface area contributed by atoms with Gasteiger partial charge in [-0.05, 0) is 18.3 Å². The third-order valence-electron chi connectivity index (χ3n) is 9.46. The molecule has 0 spiro atoms.